The quantitative estimate of drug-likeness (QED) is 0.835. The molecule has 0 aromatic heterocycles. The van der Waals surface area contributed by atoms with Crippen LogP contribution in [0.3, 0.4) is 0 Å². The first kappa shape index (κ1) is 18.6. The van der Waals surface area contributed by atoms with E-state index in [1.54, 1.807) is 20.8 Å². The number of carbonyl (C=O) groups excluding carboxylic acids is 3. The second-order valence-corrected chi connectivity index (χ2v) is 5.85. The molecule has 0 spiro atoms. The third-order valence-corrected chi connectivity index (χ3v) is 2.67. The van der Waals surface area contributed by atoms with E-state index in [9.17, 15) is 18.8 Å². The molecular formula is C16H20FNO5. The van der Waals surface area contributed by atoms with Crippen LogP contribution in [-0.4, -0.2) is 36.6 Å². The number of hydrogen-bond donors (Lipinski definition) is 1. The van der Waals surface area contributed by atoms with Crippen molar-refractivity contribution < 1.29 is 28.2 Å². The molecule has 0 heterocycles. The number of ether oxygens (including phenoxy) is 2. The van der Waals surface area contributed by atoms with E-state index in [1.165, 1.54) is 18.2 Å². The molecule has 0 fully saturated rings. The molecule has 126 valence electrons. The van der Waals surface area contributed by atoms with Crippen molar-refractivity contribution >= 4 is 17.8 Å². The number of benzene rings is 1. The summed E-state index contributed by atoms with van der Waals surface area (Å²) in [5, 5.41) is 2.35. The van der Waals surface area contributed by atoms with Gasteiger partial charge in [-0.25, -0.2) is 9.18 Å². The van der Waals surface area contributed by atoms with Crippen LogP contribution in [0.2, 0.25) is 0 Å². The van der Waals surface area contributed by atoms with Gasteiger partial charge in [0.25, 0.3) is 5.91 Å². The Labute approximate surface area is 134 Å². The maximum absolute atomic E-state index is 13.1. The van der Waals surface area contributed by atoms with E-state index in [2.05, 4.69) is 10.1 Å². The van der Waals surface area contributed by atoms with Crippen molar-refractivity contribution in [3.63, 3.8) is 0 Å². The Morgan fingerprint density at radius 3 is 2.43 bits per heavy atom. The zero-order valence-electron chi connectivity index (χ0n) is 13.5. The first-order valence-corrected chi connectivity index (χ1v) is 6.98. The molecule has 1 amide bonds. The average Bonchev–Trinajstić information content (AvgIpc) is 2.43. The van der Waals surface area contributed by atoms with Crippen molar-refractivity contribution in [1.82, 2.24) is 5.32 Å². The SMILES string of the molecule is COC(=O)[C@@H](CC(=O)OC(C)(C)C)NC(=O)c1cccc(F)c1. The summed E-state index contributed by atoms with van der Waals surface area (Å²) in [6.07, 6.45) is -0.384. The molecular weight excluding hydrogens is 305 g/mol. The zero-order chi connectivity index (χ0) is 17.6. The molecule has 0 saturated carbocycles. The van der Waals surface area contributed by atoms with E-state index in [0.717, 1.165) is 13.2 Å². The average molecular weight is 325 g/mol. The van der Waals surface area contributed by atoms with Crippen LogP contribution in [0, 0.1) is 5.82 Å². The van der Waals surface area contributed by atoms with Gasteiger partial charge < -0.3 is 14.8 Å². The molecule has 0 bridgehead atoms. The van der Waals surface area contributed by atoms with Gasteiger partial charge in [-0.1, -0.05) is 6.07 Å². The Morgan fingerprint density at radius 1 is 1.26 bits per heavy atom. The molecule has 1 atom stereocenters. The van der Waals surface area contributed by atoms with Crippen molar-refractivity contribution in [2.45, 2.75) is 38.8 Å². The van der Waals surface area contributed by atoms with Crippen LogP contribution in [0.1, 0.15) is 37.6 Å². The van der Waals surface area contributed by atoms with Gasteiger partial charge in [-0.05, 0) is 39.0 Å². The fourth-order valence-electron chi connectivity index (χ4n) is 1.76. The maximum atomic E-state index is 13.1. The van der Waals surface area contributed by atoms with Crippen molar-refractivity contribution in [3.8, 4) is 0 Å². The van der Waals surface area contributed by atoms with E-state index in [4.69, 9.17) is 4.74 Å². The number of hydrogen-bond acceptors (Lipinski definition) is 5. The van der Waals surface area contributed by atoms with E-state index >= 15 is 0 Å². The Morgan fingerprint density at radius 2 is 1.91 bits per heavy atom. The molecule has 23 heavy (non-hydrogen) atoms. The number of methoxy groups -OCH3 is 1. The fourth-order valence-corrected chi connectivity index (χ4v) is 1.76. The van der Waals surface area contributed by atoms with Gasteiger partial charge in [0.2, 0.25) is 0 Å². The minimum Gasteiger partial charge on any atom is -0.467 e. The highest BCUT2D eigenvalue weighted by molar-refractivity contribution is 5.97. The van der Waals surface area contributed by atoms with Crippen LogP contribution in [0.15, 0.2) is 24.3 Å². The predicted molar refractivity (Wildman–Crippen MR) is 80.1 cm³/mol. The number of halogens is 1. The number of rotatable bonds is 5. The first-order chi connectivity index (χ1) is 10.6. The number of esters is 2. The molecule has 1 aromatic carbocycles. The van der Waals surface area contributed by atoms with Crippen LogP contribution < -0.4 is 5.32 Å². The lowest BCUT2D eigenvalue weighted by Crippen LogP contribution is -2.43. The van der Waals surface area contributed by atoms with Crippen molar-refractivity contribution in [2.24, 2.45) is 0 Å². The Kier molecular flexibility index (Phi) is 6.24. The first-order valence-electron chi connectivity index (χ1n) is 6.98. The normalized spacial score (nSPS) is 12.2. The smallest absolute Gasteiger partial charge is 0.328 e. The topological polar surface area (TPSA) is 81.7 Å². The number of carbonyl (C=O) groups is 3. The molecule has 0 radical (unpaired) electrons. The van der Waals surface area contributed by atoms with E-state index < -0.39 is 35.3 Å². The standard InChI is InChI=1S/C16H20FNO5/c1-16(2,3)23-13(19)9-12(15(21)22-4)18-14(20)10-6-5-7-11(17)8-10/h5-8,12H,9H2,1-4H3,(H,18,20)/t12-/m1/s1. The molecule has 6 nitrogen and oxygen atoms in total. The summed E-state index contributed by atoms with van der Waals surface area (Å²) in [6.45, 7) is 5.05. The highest BCUT2D eigenvalue weighted by atomic mass is 19.1. The van der Waals surface area contributed by atoms with Crippen LogP contribution >= 0.6 is 0 Å². The van der Waals surface area contributed by atoms with Crippen molar-refractivity contribution in [2.75, 3.05) is 7.11 Å². The third-order valence-electron chi connectivity index (χ3n) is 2.67. The number of amides is 1. The molecule has 7 heteroatoms. The Balaban J connectivity index is 2.81. The second kappa shape index (κ2) is 7.71. The molecule has 0 aliphatic carbocycles. The highest BCUT2D eigenvalue weighted by Gasteiger charge is 2.28. The largest absolute Gasteiger partial charge is 0.467 e. The van der Waals surface area contributed by atoms with E-state index in [0.29, 0.717) is 0 Å². The molecule has 1 rings (SSSR count). The molecule has 1 N–H and O–H groups in total. The summed E-state index contributed by atoms with van der Waals surface area (Å²) in [7, 11) is 1.14. The fraction of sp³-hybridized carbons (Fsp3) is 0.438. The van der Waals surface area contributed by atoms with Crippen LogP contribution in [-0.2, 0) is 19.1 Å². The Hall–Kier alpha value is -2.44. The zero-order valence-corrected chi connectivity index (χ0v) is 13.5. The monoisotopic (exact) mass is 325 g/mol. The van der Waals surface area contributed by atoms with E-state index in [-0.39, 0.29) is 12.0 Å². The summed E-state index contributed by atoms with van der Waals surface area (Å²) in [5.74, 6) is -2.73. The van der Waals surface area contributed by atoms with Crippen LogP contribution in [0.25, 0.3) is 0 Å². The molecule has 0 aliphatic heterocycles. The van der Waals surface area contributed by atoms with Gasteiger partial charge in [-0.15, -0.1) is 0 Å². The van der Waals surface area contributed by atoms with Gasteiger partial charge in [-0.3, -0.25) is 9.59 Å². The lowest BCUT2D eigenvalue weighted by molar-refractivity contribution is -0.158. The van der Waals surface area contributed by atoms with Crippen molar-refractivity contribution in [3.05, 3.63) is 35.6 Å². The van der Waals surface area contributed by atoms with Gasteiger partial charge in [0.1, 0.15) is 17.5 Å². The van der Waals surface area contributed by atoms with Gasteiger partial charge in [0.15, 0.2) is 0 Å². The van der Waals surface area contributed by atoms with Crippen molar-refractivity contribution in [1.29, 1.82) is 0 Å². The van der Waals surface area contributed by atoms with Gasteiger partial charge in [0.05, 0.1) is 13.5 Å². The summed E-state index contributed by atoms with van der Waals surface area (Å²) >= 11 is 0. The summed E-state index contributed by atoms with van der Waals surface area (Å²) < 4.78 is 22.8. The molecule has 0 saturated heterocycles. The summed E-state index contributed by atoms with van der Waals surface area (Å²) in [5.41, 5.74) is -0.687. The van der Waals surface area contributed by atoms with E-state index in [1.807, 2.05) is 0 Å². The van der Waals surface area contributed by atoms with Gasteiger partial charge in [0, 0.05) is 5.56 Å². The summed E-state index contributed by atoms with van der Waals surface area (Å²) in [4.78, 5) is 35.6. The van der Waals surface area contributed by atoms with Gasteiger partial charge >= 0.3 is 11.9 Å². The predicted octanol–water partition coefficient (Wildman–Crippen LogP) is 1.83. The molecule has 1 aromatic rings. The van der Waals surface area contributed by atoms with Gasteiger partial charge in [-0.2, -0.15) is 0 Å². The van der Waals surface area contributed by atoms with Crippen LogP contribution in [0.5, 0.6) is 0 Å². The summed E-state index contributed by atoms with van der Waals surface area (Å²) in [6, 6.07) is 3.75. The Bertz CT molecular complexity index is 594. The second-order valence-electron chi connectivity index (χ2n) is 5.85. The lowest BCUT2D eigenvalue weighted by atomic mass is 10.1. The number of nitrogens with one attached hydrogen (secondary N) is 1. The maximum Gasteiger partial charge on any atom is 0.328 e. The minimum absolute atomic E-state index is 0.0306. The lowest BCUT2D eigenvalue weighted by Gasteiger charge is -2.22. The minimum atomic E-state index is -1.22. The van der Waals surface area contributed by atoms with Crippen LogP contribution in [0.4, 0.5) is 4.39 Å². The molecule has 0 unspecified atom stereocenters. The third kappa shape index (κ3) is 6.46. The molecule has 0 aliphatic rings. The highest BCUT2D eigenvalue weighted by Crippen LogP contribution is 2.11.